The number of amides is 1. The number of carbonyl (C=O) groups is 1. The molecule has 0 radical (unpaired) electrons. The van der Waals surface area contributed by atoms with E-state index in [4.69, 9.17) is 13.9 Å². The van der Waals surface area contributed by atoms with E-state index in [-0.39, 0.29) is 28.1 Å². The minimum absolute atomic E-state index is 0.0417. The highest BCUT2D eigenvalue weighted by Crippen LogP contribution is 2.36. The van der Waals surface area contributed by atoms with Crippen LogP contribution in [0.3, 0.4) is 0 Å². The van der Waals surface area contributed by atoms with Crippen molar-refractivity contribution in [3.05, 3.63) is 92.1 Å². The number of non-ortho nitro benzene ring substituents is 1. The van der Waals surface area contributed by atoms with Gasteiger partial charge in [-0.05, 0) is 42.3 Å². The Hall–Kier alpha value is -4.66. The van der Waals surface area contributed by atoms with Gasteiger partial charge in [0.05, 0.1) is 30.1 Å². The molecule has 0 atom stereocenters. The highest BCUT2D eigenvalue weighted by molar-refractivity contribution is 6.06. The molecule has 0 saturated carbocycles. The zero-order valence-electron chi connectivity index (χ0n) is 18.6. The normalized spacial score (nSPS) is 10.7. The SMILES string of the molecule is COc1ccc(-c2c(NC(=O)c3cccc([N+](=O)[O-])c3)oc3c(C)cccc3c2=O)cc1OC. The maximum Gasteiger partial charge on any atom is 0.270 e. The van der Waals surface area contributed by atoms with Gasteiger partial charge in [-0.3, -0.25) is 25.0 Å². The summed E-state index contributed by atoms with van der Waals surface area (Å²) in [5.74, 6) is 0.103. The summed E-state index contributed by atoms with van der Waals surface area (Å²) in [7, 11) is 2.97. The quantitative estimate of drug-likeness (QED) is 0.319. The van der Waals surface area contributed by atoms with Crippen LogP contribution in [-0.2, 0) is 0 Å². The number of nitrogens with zero attached hydrogens (tertiary/aromatic N) is 1. The van der Waals surface area contributed by atoms with E-state index in [0.29, 0.717) is 33.6 Å². The van der Waals surface area contributed by atoms with Gasteiger partial charge in [0, 0.05) is 17.7 Å². The predicted octanol–water partition coefficient (Wildman–Crippen LogP) is 4.95. The molecule has 0 aliphatic rings. The average Bonchev–Trinajstić information content (AvgIpc) is 2.84. The molecular formula is C25H20N2O7. The first kappa shape index (κ1) is 22.5. The molecule has 34 heavy (non-hydrogen) atoms. The molecule has 0 spiro atoms. The molecule has 0 aliphatic heterocycles. The van der Waals surface area contributed by atoms with Crippen molar-refractivity contribution in [1.82, 2.24) is 0 Å². The number of para-hydroxylation sites is 1. The lowest BCUT2D eigenvalue weighted by Gasteiger charge is -2.14. The van der Waals surface area contributed by atoms with Crippen LogP contribution in [0, 0.1) is 17.0 Å². The molecule has 4 rings (SSSR count). The largest absolute Gasteiger partial charge is 0.493 e. The molecule has 9 nitrogen and oxygen atoms in total. The van der Waals surface area contributed by atoms with Crippen molar-refractivity contribution in [3.63, 3.8) is 0 Å². The van der Waals surface area contributed by atoms with Gasteiger partial charge in [0.25, 0.3) is 11.6 Å². The fraction of sp³-hybridized carbons (Fsp3) is 0.120. The molecule has 1 amide bonds. The second-order valence-electron chi connectivity index (χ2n) is 7.42. The van der Waals surface area contributed by atoms with Crippen molar-refractivity contribution in [2.24, 2.45) is 0 Å². The van der Waals surface area contributed by atoms with Crippen LogP contribution in [0.4, 0.5) is 11.6 Å². The van der Waals surface area contributed by atoms with E-state index >= 15 is 0 Å². The lowest BCUT2D eigenvalue weighted by atomic mass is 10.0. The van der Waals surface area contributed by atoms with Crippen molar-refractivity contribution in [2.75, 3.05) is 19.5 Å². The number of aryl methyl sites for hydroxylation is 1. The van der Waals surface area contributed by atoms with E-state index in [1.807, 2.05) is 0 Å². The first-order valence-electron chi connectivity index (χ1n) is 10.2. The molecule has 1 N–H and O–H groups in total. The summed E-state index contributed by atoms with van der Waals surface area (Å²) in [4.78, 5) is 37.0. The maximum absolute atomic E-state index is 13.5. The van der Waals surface area contributed by atoms with E-state index < -0.39 is 10.8 Å². The van der Waals surface area contributed by atoms with Gasteiger partial charge >= 0.3 is 0 Å². The number of benzene rings is 3. The molecule has 1 aromatic heterocycles. The predicted molar refractivity (Wildman–Crippen MR) is 127 cm³/mol. The van der Waals surface area contributed by atoms with Gasteiger partial charge in [-0.25, -0.2) is 0 Å². The van der Waals surface area contributed by atoms with Gasteiger partial charge in [-0.15, -0.1) is 0 Å². The van der Waals surface area contributed by atoms with Crippen molar-refractivity contribution in [1.29, 1.82) is 0 Å². The van der Waals surface area contributed by atoms with Crippen LogP contribution in [0.1, 0.15) is 15.9 Å². The van der Waals surface area contributed by atoms with Crippen LogP contribution in [0.2, 0.25) is 0 Å². The summed E-state index contributed by atoms with van der Waals surface area (Å²) < 4.78 is 16.7. The Balaban J connectivity index is 1.91. The molecule has 4 aromatic rings. The molecule has 0 unspecified atom stereocenters. The summed E-state index contributed by atoms with van der Waals surface area (Å²) in [6, 6.07) is 15.3. The number of fused-ring (bicyclic) bond motifs is 1. The Morgan fingerprint density at radius 3 is 2.44 bits per heavy atom. The topological polar surface area (TPSA) is 121 Å². The van der Waals surface area contributed by atoms with Crippen LogP contribution in [0.5, 0.6) is 11.5 Å². The number of hydrogen-bond donors (Lipinski definition) is 1. The molecule has 1 heterocycles. The third kappa shape index (κ3) is 4.06. The van der Waals surface area contributed by atoms with Crippen LogP contribution in [0.25, 0.3) is 22.1 Å². The van der Waals surface area contributed by atoms with Gasteiger partial charge in [0.2, 0.25) is 11.3 Å². The monoisotopic (exact) mass is 460 g/mol. The summed E-state index contributed by atoms with van der Waals surface area (Å²) in [6.45, 7) is 1.79. The zero-order chi connectivity index (χ0) is 24.4. The van der Waals surface area contributed by atoms with Gasteiger partial charge < -0.3 is 13.9 Å². The van der Waals surface area contributed by atoms with E-state index in [1.165, 1.54) is 32.4 Å². The maximum atomic E-state index is 13.5. The minimum Gasteiger partial charge on any atom is -0.493 e. The van der Waals surface area contributed by atoms with E-state index in [9.17, 15) is 19.7 Å². The number of nitro groups is 1. The Morgan fingerprint density at radius 2 is 1.74 bits per heavy atom. The number of anilines is 1. The van der Waals surface area contributed by atoms with E-state index in [1.54, 1.807) is 43.3 Å². The van der Waals surface area contributed by atoms with Crippen LogP contribution in [0.15, 0.2) is 69.9 Å². The summed E-state index contributed by atoms with van der Waals surface area (Å²) in [5, 5.41) is 14.1. The number of nitro benzene ring substituents is 1. The second-order valence-corrected chi connectivity index (χ2v) is 7.42. The summed E-state index contributed by atoms with van der Waals surface area (Å²) >= 11 is 0. The lowest BCUT2D eigenvalue weighted by molar-refractivity contribution is -0.384. The number of carbonyl (C=O) groups excluding carboxylic acids is 1. The highest BCUT2D eigenvalue weighted by atomic mass is 16.6. The van der Waals surface area contributed by atoms with Crippen molar-refractivity contribution < 1.29 is 23.6 Å². The Bertz CT molecular complexity index is 1490. The van der Waals surface area contributed by atoms with E-state index in [0.717, 1.165) is 6.07 Å². The standard InChI is InChI=1S/C25H20N2O7/c1-14-6-4-9-18-22(28)21(15-10-11-19(32-2)20(13-15)33-3)25(34-23(14)18)26-24(29)16-7-5-8-17(12-16)27(30)31/h4-13H,1-3H3,(H,26,29). The molecule has 9 heteroatoms. The number of rotatable bonds is 6. The minimum atomic E-state index is -0.665. The number of ether oxygens (including phenoxy) is 2. The molecule has 172 valence electrons. The molecule has 3 aromatic carbocycles. The average molecular weight is 460 g/mol. The van der Waals surface area contributed by atoms with Crippen molar-refractivity contribution >= 4 is 28.4 Å². The third-order valence-corrected chi connectivity index (χ3v) is 5.33. The highest BCUT2D eigenvalue weighted by Gasteiger charge is 2.22. The van der Waals surface area contributed by atoms with E-state index in [2.05, 4.69) is 5.32 Å². The van der Waals surface area contributed by atoms with Gasteiger partial charge in [-0.2, -0.15) is 0 Å². The smallest absolute Gasteiger partial charge is 0.270 e. The first-order chi connectivity index (χ1) is 16.3. The molecular weight excluding hydrogens is 440 g/mol. The van der Waals surface area contributed by atoms with Crippen molar-refractivity contribution in [2.45, 2.75) is 6.92 Å². The van der Waals surface area contributed by atoms with Gasteiger partial charge in [0.15, 0.2) is 11.5 Å². The zero-order valence-corrected chi connectivity index (χ0v) is 18.6. The Labute approximate surface area is 193 Å². The van der Waals surface area contributed by atoms with Crippen molar-refractivity contribution in [3.8, 4) is 22.6 Å². The van der Waals surface area contributed by atoms with Crippen LogP contribution >= 0.6 is 0 Å². The molecule has 0 saturated heterocycles. The first-order valence-corrected chi connectivity index (χ1v) is 10.2. The number of hydrogen-bond acceptors (Lipinski definition) is 7. The lowest BCUT2D eigenvalue weighted by Crippen LogP contribution is -2.17. The van der Waals surface area contributed by atoms with Gasteiger partial charge in [0.1, 0.15) is 5.58 Å². The molecule has 0 fully saturated rings. The molecule has 0 bridgehead atoms. The molecule has 0 aliphatic carbocycles. The fourth-order valence-electron chi connectivity index (χ4n) is 3.64. The summed E-state index contributed by atoms with van der Waals surface area (Å²) in [6.07, 6.45) is 0. The Morgan fingerprint density at radius 1 is 1.00 bits per heavy atom. The second kappa shape index (κ2) is 9.07. The van der Waals surface area contributed by atoms with Gasteiger partial charge in [-0.1, -0.05) is 24.3 Å². The summed E-state index contributed by atoms with van der Waals surface area (Å²) in [5.41, 5.74) is 1.03. The van der Waals surface area contributed by atoms with Crippen LogP contribution in [-0.4, -0.2) is 25.1 Å². The third-order valence-electron chi connectivity index (χ3n) is 5.33. The van der Waals surface area contributed by atoms with Crippen LogP contribution < -0.4 is 20.2 Å². The Kier molecular flexibility index (Phi) is 6.01. The number of nitrogens with one attached hydrogen (secondary N) is 1. The number of methoxy groups -OCH3 is 2. The fourth-order valence-corrected chi connectivity index (χ4v) is 3.64.